The van der Waals surface area contributed by atoms with Crippen LogP contribution in [0.1, 0.15) is 20.7 Å². The minimum absolute atomic E-state index is 0.0316. The highest BCUT2D eigenvalue weighted by Crippen LogP contribution is 2.37. The van der Waals surface area contributed by atoms with Crippen LogP contribution in [0.3, 0.4) is 0 Å². The Hall–Kier alpha value is -2.61. The number of aliphatic hydroxyl groups is 1. The molecule has 2 aromatic rings. The van der Waals surface area contributed by atoms with Gasteiger partial charge in [-0.05, 0) is 24.3 Å². The molecule has 0 radical (unpaired) electrons. The highest BCUT2D eigenvalue weighted by Gasteiger charge is 2.47. The second kappa shape index (κ2) is 10.2. The third kappa shape index (κ3) is 5.47. The minimum atomic E-state index is -0.927. The summed E-state index contributed by atoms with van der Waals surface area (Å²) in [5, 5.41) is 9.92. The van der Waals surface area contributed by atoms with Crippen molar-refractivity contribution >= 4 is 23.7 Å². The van der Waals surface area contributed by atoms with Crippen LogP contribution in [0.4, 0.5) is 0 Å². The zero-order valence-corrected chi connectivity index (χ0v) is 16.5. The third-order valence-electron chi connectivity index (χ3n) is 4.33. The lowest BCUT2D eigenvalue weighted by molar-refractivity contribution is -0.0685. The van der Waals surface area contributed by atoms with Gasteiger partial charge in [0.2, 0.25) is 0 Å². The Morgan fingerprint density at radius 1 is 0.966 bits per heavy atom. The average Bonchev–Trinajstić information content (AvgIpc) is 3.05. The number of thioether (sulfide) groups is 1. The zero-order chi connectivity index (χ0) is 20.6. The molecular weight excluding hydrogens is 392 g/mol. The van der Waals surface area contributed by atoms with E-state index in [0.29, 0.717) is 11.1 Å². The Kier molecular flexibility index (Phi) is 7.46. The van der Waals surface area contributed by atoms with Gasteiger partial charge in [0.15, 0.2) is 0 Å². The van der Waals surface area contributed by atoms with Gasteiger partial charge in [-0.15, -0.1) is 18.3 Å². The first-order chi connectivity index (χ1) is 14.1. The second-order valence-corrected chi connectivity index (χ2v) is 7.71. The molecule has 2 aromatic carbocycles. The number of hydrogen-bond donors (Lipinski definition) is 1. The van der Waals surface area contributed by atoms with E-state index in [1.807, 2.05) is 0 Å². The highest BCUT2D eigenvalue weighted by atomic mass is 32.2. The lowest BCUT2D eigenvalue weighted by Gasteiger charge is -2.24. The van der Waals surface area contributed by atoms with Crippen LogP contribution in [0, 0.1) is 0 Å². The normalized spacial score (nSPS) is 23.3. The molecule has 1 fully saturated rings. The van der Waals surface area contributed by atoms with Gasteiger partial charge in [0.25, 0.3) is 0 Å². The Balaban J connectivity index is 1.70. The largest absolute Gasteiger partial charge is 0.461 e. The molecule has 4 atom stereocenters. The van der Waals surface area contributed by atoms with Crippen LogP contribution in [0.5, 0.6) is 0 Å². The summed E-state index contributed by atoms with van der Waals surface area (Å²) in [4.78, 5) is 24.8. The van der Waals surface area contributed by atoms with E-state index in [4.69, 9.17) is 14.2 Å². The topological polar surface area (TPSA) is 82.1 Å². The molecule has 29 heavy (non-hydrogen) atoms. The van der Waals surface area contributed by atoms with E-state index in [1.165, 1.54) is 0 Å². The predicted octanol–water partition coefficient (Wildman–Crippen LogP) is 3.07. The van der Waals surface area contributed by atoms with Crippen molar-refractivity contribution in [3.63, 3.8) is 0 Å². The predicted molar refractivity (Wildman–Crippen MR) is 110 cm³/mol. The van der Waals surface area contributed by atoms with Crippen LogP contribution < -0.4 is 0 Å². The highest BCUT2D eigenvalue weighted by molar-refractivity contribution is 8.00. The van der Waals surface area contributed by atoms with Gasteiger partial charge in [-0.25, -0.2) is 9.59 Å². The molecule has 6 nitrogen and oxygen atoms in total. The summed E-state index contributed by atoms with van der Waals surface area (Å²) in [5.74, 6) is -1.01. The fraction of sp³-hybridized carbons (Fsp3) is 0.273. The molecule has 1 unspecified atom stereocenters. The van der Waals surface area contributed by atoms with E-state index < -0.39 is 34.8 Å². The quantitative estimate of drug-likeness (QED) is 0.525. The van der Waals surface area contributed by atoms with E-state index in [1.54, 1.807) is 66.7 Å². The molecule has 0 amide bonds. The van der Waals surface area contributed by atoms with Crippen molar-refractivity contribution in [2.75, 3.05) is 13.2 Å². The summed E-state index contributed by atoms with van der Waals surface area (Å²) in [6, 6.07) is 17.2. The van der Waals surface area contributed by atoms with E-state index in [2.05, 4.69) is 6.58 Å². The van der Waals surface area contributed by atoms with E-state index in [9.17, 15) is 14.7 Å². The molecule has 1 saturated heterocycles. The maximum atomic E-state index is 12.5. The molecule has 1 aliphatic rings. The van der Waals surface area contributed by atoms with Crippen molar-refractivity contribution in [2.24, 2.45) is 0 Å². The number of aliphatic hydroxyl groups excluding tert-OH is 1. The maximum absolute atomic E-state index is 12.5. The SMILES string of the molecule is C=CCO[C@@H]1C(O)S[C@H](COC(=O)c2ccccc2)[C@H]1OC(=O)c1ccccc1. The van der Waals surface area contributed by atoms with Crippen LogP contribution in [0.2, 0.25) is 0 Å². The smallest absolute Gasteiger partial charge is 0.338 e. The third-order valence-corrected chi connectivity index (χ3v) is 5.63. The molecule has 3 rings (SSSR count). The van der Waals surface area contributed by atoms with Crippen molar-refractivity contribution in [1.29, 1.82) is 0 Å². The first-order valence-electron chi connectivity index (χ1n) is 9.14. The van der Waals surface area contributed by atoms with Crippen molar-refractivity contribution < 1.29 is 28.9 Å². The van der Waals surface area contributed by atoms with Gasteiger partial charge in [-0.2, -0.15) is 0 Å². The fourth-order valence-electron chi connectivity index (χ4n) is 2.92. The van der Waals surface area contributed by atoms with Gasteiger partial charge in [0, 0.05) is 0 Å². The Bertz CT molecular complexity index is 826. The van der Waals surface area contributed by atoms with Gasteiger partial charge in [-0.3, -0.25) is 0 Å². The molecule has 1 aliphatic heterocycles. The van der Waals surface area contributed by atoms with Crippen LogP contribution in [-0.4, -0.2) is 53.2 Å². The standard InChI is InChI=1S/C22H22O6S/c1-2-13-26-19-18(28-21(24)16-11-7-4-8-12-16)17(29-22(19)25)14-27-20(23)15-9-5-3-6-10-15/h2-12,17-19,22,25H,1,13-14H2/t17-,18-,19+,22?/m1/s1. The monoisotopic (exact) mass is 414 g/mol. The van der Waals surface area contributed by atoms with Crippen LogP contribution in [-0.2, 0) is 14.2 Å². The van der Waals surface area contributed by atoms with E-state index in [0.717, 1.165) is 11.8 Å². The number of ether oxygens (including phenoxy) is 3. The lowest BCUT2D eigenvalue weighted by atomic mass is 10.1. The average molecular weight is 414 g/mol. The Labute approximate surface area is 173 Å². The number of esters is 2. The second-order valence-electron chi connectivity index (χ2n) is 6.35. The molecule has 1 N–H and O–H groups in total. The number of benzene rings is 2. The summed E-state index contributed by atoms with van der Waals surface area (Å²) in [6.07, 6.45) is 0.00766. The molecule has 0 saturated carbocycles. The molecule has 0 spiro atoms. The molecule has 152 valence electrons. The van der Waals surface area contributed by atoms with Crippen molar-refractivity contribution in [3.05, 3.63) is 84.4 Å². The number of carbonyl (C=O) groups is 2. The Morgan fingerprint density at radius 3 is 2.14 bits per heavy atom. The van der Waals surface area contributed by atoms with Gasteiger partial charge < -0.3 is 19.3 Å². The number of hydrogen-bond acceptors (Lipinski definition) is 7. The lowest BCUT2D eigenvalue weighted by Crippen LogP contribution is -2.40. The summed E-state index contributed by atoms with van der Waals surface area (Å²) in [6.45, 7) is 3.76. The van der Waals surface area contributed by atoms with Crippen molar-refractivity contribution in [2.45, 2.75) is 22.9 Å². The first kappa shape index (κ1) is 21.1. The number of rotatable bonds is 8. The van der Waals surface area contributed by atoms with E-state index in [-0.39, 0.29) is 13.2 Å². The molecule has 0 bridgehead atoms. The molecule has 0 aliphatic carbocycles. The summed E-state index contributed by atoms with van der Waals surface area (Å²) in [7, 11) is 0. The van der Waals surface area contributed by atoms with Crippen LogP contribution in [0.15, 0.2) is 73.3 Å². The minimum Gasteiger partial charge on any atom is -0.461 e. The van der Waals surface area contributed by atoms with Crippen molar-refractivity contribution in [1.82, 2.24) is 0 Å². The number of carbonyl (C=O) groups excluding carboxylic acids is 2. The molecule has 1 heterocycles. The maximum Gasteiger partial charge on any atom is 0.338 e. The van der Waals surface area contributed by atoms with Crippen LogP contribution >= 0.6 is 11.8 Å². The van der Waals surface area contributed by atoms with Crippen LogP contribution in [0.25, 0.3) is 0 Å². The fourth-order valence-corrected chi connectivity index (χ4v) is 4.18. The zero-order valence-electron chi connectivity index (χ0n) is 15.7. The van der Waals surface area contributed by atoms with Gasteiger partial charge in [0.05, 0.1) is 23.0 Å². The first-order valence-corrected chi connectivity index (χ1v) is 10.1. The summed E-state index contributed by atoms with van der Waals surface area (Å²) < 4.78 is 16.7. The van der Waals surface area contributed by atoms with Crippen molar-refractivity contribution in [3.8, 4) is 0 Å². The molecule has 7 heteroatoms. The van der Waals surface area contributed by atoms with Gasteiger partial charge in [0.1, 0.15) is 24.3 Å². The van der Waals surface area contributed by atoms with Gasteiger partial charge >= 0.3 is 11.9 Å². The van der Waals surface area contributed by atoms with E-state index >= 15 is 0 Å². The molecular formula is C22H22O6S. The summed E-state index contributed by atoms with van der Waals surface area (Å²) in [5.41, 5.74) is -0.112. The molecule has 0 aromatic heterocycles. The summed E-state index contributed by atoms with van der Waals surface area (Å²) >= 11 is 1.15. The Morgan fingerprint density at radius 2 is 1.55 bits per heavy atom. The van der Waals surface area contributed by atoms with Gasteiger partial charge in [-0.1, -0.05) is 42.5 Å².